The van der Waals surface area contributed by atoms with Crippen LogP contribution in [0.1, 0.15) is 17.0 Å². The van der Waals surface area contributed by atoms with Gasteiger partial charge >= 0.3 is 0 Å². The number of hydrogen-bond donors (Lipinski definition) is 2. The van der Waals surface area contributed by atoms with E-state index in [1.54, 1.807) is 18.2 Å². The standard InChI is InChI=1S/C16H12ClN3O/c17-10-3-1-2-9(6-10)15-12-5-4-11(19)7-14(12)21-16(20)13(15)8-18/h1-7,15H,19-20H2/t15-/m0/s1. The second-order valence-corrected chi connectivity index (χ2v) is 5.21. The van der Waals surface area contributed by atoms with Gasteiger partial charge in [0.1, 0.15) is 17.4 Å². The molecule has 21 heavy (non-hydrogen) atoms. The van der Waals surface area contributed by atoms with Crippen molar-refractivity contribution >= 4 is 17.3 Å². The molecule has 1 aliphatic rings. The van der Waals surface area contributed by atoms with Crippen molar-refractivity contribution in [3.8, 4) is 11.8 Å². The molecule has 1 heterocycles. The molecule has 2 aromatic carbocycles. The molecule has 3 rings (SSSR count). The topological polar surface area (TPSA) is 85.1 Å². The number of ether oxygens (including phenoxy) is 1. The molecule has 0 saturated heterocycles. The highest BCUT2D eigenvalue weighted by molar-refractivity contribution is 6.30. The SMILES string of the molecule is N#CC1=C(N)Oc2cc(N)ccc2[C@@H]1c1cccc(Cl)c1. The van der Waals surface area contributed by atoms with Crippen LogP contribution >= 0.6 is 11.6 Å². The molecule has 0 radical (unpaired) electrons. The summed E-state index contributed by atoms with van der Waals surface area (Å²) < 4.78 is 5.52. The fraction of sp³-hybridized carbons (Fsp3) is 0.0625. The molecule has 0 bridgehead atoms. The Bertz CT molecular complexity index is 792. The first kappa shape index (κ1) is 13.3. The van der Waals surface area contributed by atoms with Crippen LogP contribution in [0.25, 0.3) is 0 Å². The van der Waals surface area contributed by atoms with Gasteiger partial charge in [-0.3, -0.25) is 0 Å². The maximum absolute atomic E-state index is 9.42. The number of rotatable bonds is 1. The van der Waals surface area contributed by atoms with Crippen LogP contribution in [0, 0.1) is 11.3 Å². The first-order valence-electron chi connectivity index (χ1n) is 6.32. The van der Waals surface area contributed by atoms with E-state index in [-0.39, 0.29) is 11.8 Å². The van der Waals surface area contributed by atoms with Gasteiger partial charge in [0.25, 0.3) is 0 Å². The van der Waals surface area contributed by atoms with Crippen LogP contribution in [0.4, 0.5) is 5.69 Å². The van der Waals surface area contributed by atoms with Crippen molar-refractivity contribution in [1.82, 2.24) is 0 Å². The monoisotopic (exact) mass is 297 g/mol. The Hall–Kier alpha value is -2.64. The number of nitrogen functional groups attached to an aromatic ring is 1. The molecule has 2 aromatic rings. The average molecular weight is 298 g/mol. The molecule has 1 atom stereocenters. The first-order chi connectivity index (χ1) is 10.1. The highest BCUT2D eigenvalue weighted by atomic mass is 35.5. The minimum absolute atomic E-state index is 0.0978. The lowest BCUT2D eigenvalue weighted by molar-refractivity contribution is 0.394. The van der Waals surface area contributed by atoms with Gasteiger partial charge in [-0.1, -0.05) is 29.8 Å². The third kappa shape index (κ3) is 2.28. The molecule has 0 fully saturated rings. The Kier molecular flexibility index (Phi) is 3.20. The van der Waals surface area contributed by atoms with E-state index in [1.165, 1.54) is 0 Å². The van der Waals surface area contributed by atoms with Crippen LogP contribution in [0.2, 0.25) is 5.02 Å². The molecule has 5 heteroatoms. The fourth-order valence-electron chi connectivity index (χ4n) is 2.50. The van der Waals surface area contributed by atoms with Crippen LogP contribution in [0.5, 0.6) is 5.75 Å². The molecule has 0 aromatic heterocycles. The lowest BCUT2D eigenvalue weighted by Crippen LogP contribution is -2.21. The normalized spacial score (nSPS) is 16.9. The van der Waals surface area contributed by atoms with Gasteiger partial charge in [-0.25, -0.2) is 0 Å². The second kappa shape index (κ2) is 5.04. The molecule has 4 nitrogen and oxygen atoms in total. The zero-order valence-corrected chi connectivity index (χ0v) is 11.8. The molecule has 0 aliphatic carbocycles. The Labute approximate surface area is 127 Å². The Morgan fingerprint density at radius 2 is 1.95 bits per heavy atom. The van der Waals surface area contributed by atoms with Gasteiger partial charge in [-0.15, -0.1) is 0 Å². The van der Waals surface area contributed by atoms with Crippen molar-refractivity contribution < 1.29 is 4.74 Å². The molecule has 0 saturated carbocycles. The number of halogens is 1. The zero-order valence-electron chi connectivity index (χ0n) is 11.0. The smallest absolute Gasteiger partial charge is 0.205 e. The van der Waals surface area contributed by atoms with Crippen molar-refractivity contribution in [3.63, 3.8) is 0 Å². The summed E-state index contributed by atoms with van der Waals surface area (Å²) in [5.74, 6) is 0.357. The number of fused-ring (bicyclic) bond motifs is 1. The summed E-state index contributed by atoms with van der Waals surface area (Å²) in [5.41, 5.74) is 14.3. The number of nitriles is 1. The summed E-state index contributed by atoms with van der Waals surface area (Å²) in [6, 6.07) is 14.8. The van der Waals surface area contributed by atoms with Gasteiger partial charge in [-0.2, -0.15) is 5.26 Å². The Morgan fingerprint density at radius 1 is 1.14 bits per heavy atom. The molecular formula is C16H12ClN3O. The Balaban J connectivity index is 2.24. The van der Waals surface area contributed by atoms with E-state index in [9.17, 15) is 5.26 Å². The number of nitrogens with zero attached hydrogens (tertiary/aromatic N) is 1. The lowest BCUT2D eigenvalue weighted by atomic mass is 9.83. The van der Waals surface area contributed by atoms with E-state index in [1.807, 2.05) is 24.3 Å². The van der Waals surface area contributed by atoms with Crippen LogP contribution in [0.3, 0.4) is 0 Å². The van der Waals surface area contributed by atoms with Gasteiger partial charge in [0.15, 0.2) is 0 Å². The summed E-state index contributed by atoms with van der Waals surface area (Å²) in [6.07, 6.45) is 0. The van der Waals surface area contributed by atoms with Gasteiger partial charge in [-0.05, 0) is 23.8 Å². The highest BCUT2D eigenvalue weighted by Crippen LogP contribution is 2.42. The van der Waals surface area contributed by atoms with Crippen LogP contribution in [0.15, 0.2) is 53.9 Å². The number of nitrogens with two attached hydrogens (primary N) is 2. The van der Waals surface area contributed by atoms with Crippen LogP contribution in [-0.2, 0) is 0 Å². The molecular weight excluding hydrogens is 286 g/mol. The first-order valence-corrected chi connectivity index (χ1v) is 6.70. The van der Waals surface area contributed by atoms with E-state index in [0.717, 1.165) is 11.1 Å². The molecule has 1 aliphatic heterocycles. The number of allylic oxidation sites excluding steroid dienone is 1. The number of anilines is 1. The fourth-order valence-corrected chi connectivity index (χ4v) is 2.70. The van der Waals surface area contributed by atoms with E-state index in [4.69, 9.17) is 27.8 Å². The largest absolute Gasteiger partial charge is 0.440 e. The van der Waals surface area contributed by atoms with Crippen molar-refractivity contribution in [2.75, 3.05) is 5.73 Å². The van der Waals surface area contributed by atoms with E-state index < -0.39 is 0 Å². The lowest BCUT2D eigenvalue weighted by Gasteiger charge is -2.26. The van der Waals surface area contributed by atoms with Crippen molar-refractivity contribution in [2.24, 2.45) is 5.73 Å². The maximum Gasteiger partial charge on any atom is 0.205 e. The molecule has 0 unspecified atom stereocenters. The van der Waals surface area contributed by atoms with Gasteiger partial charge < -0.3 is 16.2 Å². The third-order valence-corrected chi connectivity index (χ3v) is 3.66. The minimum Gasteiger partial charge on any atom is -0.440 e. The zero-order chi connectivity index (χ0) is 15.0. The van der Waals surface area contributed by atoms with Crippen molar-refractivity contribution in [3.05, 3.63) is 70.1 Å². The maximum atomic E-state index is 9.42. The van der Waals surface area contributed by atoms with Crippen molar-refractivity contribution in [1.29, 1.82) is 5.26 Å². The predicted molar refractivity (Wildman–Crippen MR) is 81.6 cm³/mol. The van der Waals surface area contributed by atoms with E-state index in [0.29, 0.717) is 22.0 Å². The van der Waals surface area contributed by atoms with Gasteiger partial charge in [0.05, 0.1) is 5.92 Å². The minimum atomic E-state index is -0.307. The van der Waals surface area contributed by atoms with Crippen LogP contribution in [-0.4, -0.2) is 0 Å². The third-order valence-electron chi connectivity index (χ3n) is 3.43. The summed E-state index contributed by atoms with van der Waals surface area (Å²) >= 11 is 6.06. The number of hydrogen-bond acceptors (Lipinski definition) is 4. The molecule has 0 spiro atoms. The quantitative estimate of drug-likeness (QED) is 0.792. The molecule has 104 valence electrons. The van der Waals surface area contributed by atoms with Crippen LogP contribution < -0.4 is 16.2 Å². The number of benzene rings is 2. The second-order valence-electron chi connectivity index (χ2n) is 4.78. The van der Waals surface area contributed by atoms with Gasteiger partial charge in [0, 0.05) is 22.3 Å². The summed E-state index contributed by atoms with van der Waals surface area (Å²) in [7, 11) is 0. The van der Waals surface area contributed by atoms with E-state index >= 15 is 0 Å². The highest BCUT2D eigenvalue weighted by Gasteiger charge is 2.30. The predicted octanol–water partition coefficient (Wildman–Crippen LogP) is 3.14. The van der Waals surface area contributed by atoms with Crippen molar-refractivity contribution in [2.45, 2.75) is 5.92 Å². The molecule has 4 N–H and O–H groups in total. The van der Waals surface area contributed by atoms with E-state index in [2.05, 4.69) is 6.07 Å². The summed E-state index contributed by atoms with van der Waals surface area (Å²) in [5, 5.41) is 10.0. The summed E-state index contributed by atoms with van der Waals surface area (Å²) in [4.78, 5) is 0. The van der Waals surface area contributed by atoms with Gasteiger partial charge in [0.2, 0.25) is 5.88 Å². The molecule has 0 amide bonds. The summed E-state index contributed by atoms with van der Waals surface area (Å²) in [6.45, 7) is 0. The average Bonchev–Trinajstić information content (AvgIpc) is 2.45. The Morgan fingerprint density at radius 3 is 2.67 bits per heavy atom.